The van der Waals surface area contributed by atoms with E-state index in [1.807, 2.05) is 0 Å². The number of aliphatic hydroxyl groups is 1. The lowest BCUT2D eigenvalue weighted by Gasteiger charge is -2.12. The van der Waals surface area contributed by atoms with E-state index in [0.717, 1.165) is 11.5 Å². The first-order valence-electron chi connectivity index (χ1n) is 6.07. The number of anilines is 1. The number of rotatable bonds is 5. The van der Waals surface area contributed by atoms with Crippen molar-refractivity contribution in [3.05, 3.63) is 35.7 Å². The molecule has 1 heterocycles. The zero-order valence-electron chi connectivity index (χ0n) is 11.2. The van der Waals surface area contributed by atoms with Gasteiger partial charge in [-0.15, -0.1) is 0 Å². The van der Waals surface area contributed by atoms with Crippen LogP contribution in [0.1, 0.15) is 23.1 Å². The Kier molecular flexibility index (Phi) is 4.65. The molecule has 0 aliphatic carbocycles. The molecule has 1 amide bonds. The Hall–Kier alpha value is -1.99. The van der Waals surface area contributed by atoms with E-state index in [1.54, 1.807) is 38.1 Å². The van der Waals surface area contributed by atoms with Crippen LogP contribution in [0.5, 0.6) is 5.75 Å². The Balaban J connectivity index is 2.08. The van der Waals surface area contributed by atoms with Crippen LogP contribution >= 0.6 is 11.5 Å². The number of amides is 1. The zero-order chi connectivity index (χ0) is 14.5. The fourth-order valence-electron chi connectivity index (χ4n) is 1.50. The molecule has 0 aliphatic rings. The highest BCUT2D eigenvalue weighted by atomic mass is 32.1. The molecule has 0 aliphatic heterocycles. The smallest absolute Gasteiger partial charge is 0.257 e. The molecular weight excluding hydrogens is 278 g/mol. The van der Waals surface area contributed by atoms with E-state index in [1.165, 1.54) is 0 Å². The molecule has 7 heteroatoms. The molecule has 0 saturated carbocycles. The van der Waals surface area contributed by atoms with Gasteiger partial charge in [0.05, 0.1) is 6.61 Å². The standard InChI is InChI=1S/C13H15N3O3S/c1-8(7-17)19-11-5-3-4-10(6-11)12(18)15-13-14-9(2)16-20-13/h3-6,8,17H,7H2,1-2H3,(H,14,15,16,18)/t8-/m0/s1. The largest absolute Gasteiger partial charge is 0.488 e. The van der Waals surface area contributed by atoms with Crippen LogP contribution in [-0.4, -0.2) is 33.1 Å². The van der Waals surface area contributed by atoms with Crippen molar-refractivity contribution in [2.24, 2.45) is 0 Å². The van der Waals surface area contributed by atoms with Crippen molar-refractivity contribution in [3.63, 3.8) is 0 Å². The Bertz CT molecular complexity index is 600. The van der Waals surface area contributed by atoms with Crippen LogP contribution in [0.4, 0.5) is 5.13 Å². The third kappa shape index (κ3) is 3.75. The third-order valence-electron chi connectivity index (χ3n) is 2.44. The van der Waals surface area contributed by atoms with Gasteiger partial charge in [0.25, 0.3) is 5.91 Å². The van der Waals surface area contributed by atoms with Crippen LogP contribution in [-0.2, 0) is 0 Å². The van der Waals surface area contributed by atoms with Crippen molar-refractivity contribution in [1.29, 1.82) is 0 Å². The summed E-state index contributed by atoms with van der Waals surface area (Å²) in [5.74, 6) is 0.884. The summed E-state index contributed by atoms with van der Waals surface area (Å²) in [6.45, 7) is 3.42. The molecule has 2 rings (SSSR count). The van der Waals surface area contributed by atoms with Crippen LogP contribution < -0.4 is 10.1 Å². The molecule has 1 aromatic carbocycles. The Morgan fingerprint density at radius 1 is 1.55 bits per heavy atom. The van der Waals surface area contributed by atoms with Gasteiger partial charge in [-0.3, -0.25) is 10.1 Å². The van der Waals surface area contributed by atoms with E-state index in [9.17, 15) is 4.79 Å². The Labute approximate surface area is 120 Å². The van der Waals surface area contributed by atoms with Crippen molar-refractivity contribution in [2.45, 2.75) is 20.0 Å². The number of benzene rings is 1. The topological polar surface area (TPSA) is 84.3 Å². The molecule has 0 bridgehead atoms. The van der Waals surface area contributed by atoms with Crippen LogP contribution in [0.3, 0.4) is 0 Å². The summed E-state index contributed by atoms with van der Waals surface area (Å²) in [7, 11) is 0. The number of carbonyl (C=O) groups is 1. The summed E-state index contributed by atoms with van der Waals surface area (Å²) >= 11 is 1.13. The molecule has 2 N–H and O–H groups in total. The molecule has 106 valence electrons. The highest BCUT2D eigenvalue weighted by Crippen LogP contribution is 2.17. The van der Waals surface area contributed by atoms with Gasteiger partial charge in [0, 0.05) is 17.1 Å². The average molecular weight is 293 g/mol. The molecule has 0 fully saturated rings. The lowest BCUT2D eigenvalue weighted by Crippen LogP contribution is -2.17. The first-order chi connectivity index (χ1) is 9.58. The van der Waals surface area contributed by atoms with E-state index >= 15 is 0 Å². The van der Waals surface area contributed by atoms with E-state index < -0.39 is 0 Å². The highest BCUT2D eigenvalue weighted by molar-refractivity contribution is 7.09. The van der Waals surface area contributed by atoms with Crippen molar-refractivity contribution in [1.82, 2.24) is 9.36 Å². The summed E-state index contributed by atoms with van der Waals surface area (Å²) in [6, 6.07) is 6.76. The molecule has 0 radical (unpaired) electrons. The number of hydrogen-bond donors (Lipinski definition) is 2. The molecule has 2 aromatic rings. The molecule has 0 unspecified atom stereocenters. The maximum Gasteiger partial charge on any atom is 0.257 e. The minimum Gasteiger partial charge on any atom is -0.488 e. The van der Waals surface area contributed by atoms with Crippen LogP contribution in [0.25, 0.3) is 0 Å². The number of hydrogen-bond acceptors (Lipinski definition) is 6. The summed E-state index contributed by atoms with van der Waals surface area (Å²) < 4.78 is 9.45. The second-order valence-corrected chi connectivity index (χ2v) is 4.99. The van der Waals surface area contributed by atoms with Gasteiger partial charge in [0.1, 0.15) is 17.7 Å². The van der Waals surface area contributed by atoms with Gasteiger partial charge in [-0.2, -0.15) is 4.37 Å². The monoisotopic (exact) mass is 293 g/mol. The van der Waals surface area contributed by atoms with Crippen LogP contribution in [0.2, 0.25) is 0 Å². The normalized spacial score (nSPS) is 11.9. The lowest BCUT2D eigenvalue weighted by molar-refractivity contribution is 0.102. The lowest BCUT2D eigenvalue weighted by atomic mass is 10.2. The summed E-state index contributed by atoms with van der Waals surface area (Å²) in [6.07, 6.45) is -0.320. The third-order valence-corrected chi connectivity index (χ3v) is 3.16. The average Bonchev–Trinajstić information content (AvgIpc) is 2.84. The molecule has 6 nitrogen and oxygen atoms in total. The molecule has 1 atom stereocenters. The van der Waals surface area contributed by atoms with Crippen molar-refractivity contribution < 1.29 is 14.6 Å². The number of nitrogens with one attached hydrogen (secondary N) is 1. The minimum atomic E-state index is -0.320. The Morgan fingerprint density at radius 2 is 2.35 bits per heavy atom. The van der Waals surface area contributed by atoms with Crippen LogP contribution in [0.15, 0.2) is 24.3 Å². The van der Waals surface area contributed by atoms with E-state index in [4.69, 9.17) is 9.84 Å². The molecule has 1 aromatic heterocycles. The second-order valence-electron chi connectivity index (χ2n) is 4.24. The van der Waals surface area contributed by atoms with Crippen molar-refractivity contribution >= 4 is 22.6 Å². The van der Waals surface area contributed by atoms with E-state index in [2.05, 4.69) is 14.7 Å². The number of carbonyl (C=O) groups excluding carboxylic acids is 1. The van der Waals surface area contributed by atoms with Crippen molar-refractivity contribution in [3.8, 4) is 5.75 Å². The van der Waals surface area contributed by atoms with E-state index in [-0.39, 0.29) is 18.6 Å². The second kappa shape index (κ2) is 6.44. The van der Waals surface area contributed by atoms with E-state index in [0.29, 0.717) is 22.3 Å². The highest BCUT2D eigenvalue weighted by Gasteiger charge is 2.10. The zero-order valence-corrected chi connectivity index (χ0v) is 12.0. The summed E-state index contributed by atoms with van der Waals surface area (Å²) in [5.41, 5.74) is 0.459. The summed E-state index contributed by atoms with van der Waals surface area (Å²) in [4.78, 5) is 16.1. The molecule has 0 saturated heterocycles. The van der Waals surface area contributed by atoms with Gasteiger partial charge in [0.2, 0.25) is 5.13 Å². The predicted molar refractivity (Wildman–Crippen MR) is 76.2 cm³/mol. The number of aliphatic hydroxyl groups excluding tert-OH is 1. The van der Waals surface area contributed by atoms with Gasteiger partial charge < -0.3 is 9.84 Å². The Morgan fingerprint density at radius 3 is 3.00 bits per heavy atom. The molecule has 20 heavy (non-hydrogen) atoms. The maximum atomic E-state index is 12.1. The number of aryl methyl sites for hydroxylation is 1. The van der Waals surface area contributed by atoms with Gasteiger partial charge in [-0.05, 0) is 32.0 Å². The van der Waals surface area contributed by atoms with Gasteiger partial charge in [-0.25, -0.2) is 4.98 Å². The van der Waals surface area contributed by atoms with Gasteiger partial charge in [0.15, 0.2) is 0 Å². The van der Waals surface area contributed by atoms with Crippen LogP contribution in [0, 0.1) is 6.92 Å². The quantitative estimate of drug-likeness (QED) is 0.879. The number of aromatic nitrogens is 2. The first kappa shape index (κ1) is 14.4. The predicted octanol–water partition coefficient (Wildman–Crippen LogP) is 1.86. The number of nitrogens with zero attached hydrogens (tertiary/aromatic N) is 2. The van der Waals surface area contributed by atoms with Crippen molar-refractivity contribution in [2.75, 3.05) is 11.9 Å². The maximum absolute atomic E-state index is 12.1. The molecular formula is C13H15N3O3S. The van der Waals surface area contributed by atoms with Gasteiger partial charge >= 0.3 is 0 Å². The minimum absolute atomic E-state index is 0.0829. The fourth-order valence-corrected chi connectivity index (χ4v) is 2.07. The summed E-state index contributed by atoms with van der Waals surface area (Å²) in [5, 5.41) is 12.1. The first-order valence-corrected chi connectivity index (χ1v) is 6.85. The van der Waals surface area contributed by atoms with Gasteiger partial charge in [-0.1, -0.05) is 6.07 Å². The fraction of sp³-hybridized carbons (Fsp3) is 0.308. The number of ether oxygens (including phenoxy) is 1. The SMILES string of the molecule is Cc1nsc(NC(=O)c2cccc(O[C@@H](C)CO)c2)n1. The molecule has 0 spiro atoms.